The third-order valence-electron chi connectivity index (χ3n) is 5.23. The predicted octanol–water partition coefficient (Wildman–Crippen LogP) is 4.28. The summed E-state index contributed by atoms with van der Waals surface area (Å²) in [5, 5.41) is 3.84. The maximum Gasteiger partial charge on any atom is 0.0645 e. The van der Waals surface area contributed by atoms with Crippen LogP contribution in [0.4, 0.5) is 0 Å². The summed E-state index contributed by atoms with van der Waals surface area (Å²) in [4.78, 5) is 0.451. The quantitative estimate of drug-likeness (QED) is 0.790. The lowest BCUT2D eigenvalue weighted by Gasteiger charge is -2.47. The number of hydrogen-bond donors (Lipinski definition) is 1. The van der Waals surface area contributed by atoms with E-state index in [0.717, 1.165) is 11.8 Å². The zero-order valence-electron chi connectivity index (χ0n) is 12.0. The van der Waals surface area contributed by atoms with Crippen LogP contribution in [-0.2, 0) is 0 Å². The molecule has 2 aliphatic rings. The minimum Gasteiger partial charge on any atom is -0.303 e. The smallest absolute Gasteiger partial charge is 0.0645 e. The van der Waals surface area contributed by atoms with Crippen LogP contribution in [0.1, 0.15) is 59.8 Å². The molecule has 0 amide bonds. The zero-order chi connectivity index (χ0) is 12.5. The Hall–Kier alpha value is 0.310. The minimum atomic E-state index is 0.451. The molecule has 0 aromatic heterocycles. The van der Waals surface area contributed by atoms with Gasteiger partial charge in [-0.2, -0.15) is 0 Å². The zero-order valence-corrected chi connectivity index (χ0v) is 12.8. The third kappa shape index (κ3) is 3.01. The van der Waals surface area contributed by atoms with Gasteiger partial charge in [0.25, 0.3) is 0 Å². The lowest BCUT2D eigenvalue weighted by Crippen LogP contribution is -2.51. The fraction of sp³-hybridized carbons (Fsp3) is 1.00. The van der Waals surface area contributed by atoms with Gasteiger partial charge in [0, 0.05) is 0 Å². The minimum absolute atomic E-state index is 0.451. The molecule has 2 fully saturated rings. The van der Waals surface area contributed by atoms with Crippen LogP contribution in [0.2, 0.25) is 0 Å². The van der Waals surface area contributed by atoms with Crippen molar-refractivity contribution in [3.63, 3.8) is 0 Å². The molecule has 2 heteroatoms. The van der Waals surface area contributed by atoms with Crippen molar-refractivity contribution in [1.82, 2.24) is 5.32 Å². The lowest BCUT2D eigenvalue weighted by atomic mass is 9.68. The van der Waals surface area contributed by atoms with E-state index in [0.29, 0.717) is 10.3 Å². The molecule has 1 aliphatic carbocycles. The van der Waals surface area contributed by atoms with E-state index < -0.39 is 0 Å². The lowest BCUT2D eigenvalue weighted by molar-refractivity contribution is 0.126. The molecule has 1 spiro atoms. The van der Waals surface area contributed by atoms with E-state index in [4.69, 9.17) is 0 Å². The standard InChI is InChI=1S/C15H29NS/c1-5-14(3,4)13-6-8-15(9-7-13)16-10-12(2)11-17-15/h12-13,16H,5-11H2,1-4H3. The second kappa shape index (κ2) is 5.13. The number of nitrogens with one attached hydrogen (secondary N) is 1. The highest BCUT2D eigenvalue weighted by atomic mass is 32.2. The van der Waals surface area contributed by atoms with Crippen LogP contribution in [0.5, 0.6) is 0 Å². The molecule has 0 aromatic rings. The van der Waals surface area contributed by atoms with Gasteiger partial charge < -0.3 is 5.32 Å². The summed E-state index contributed by atoms with van der Waals surface area (Å²) in [6.45, 7) is 10.9. The summed E-state index contributed by atoms with van der Waals surface area (Å²) in [6.07, 6.45) is 6.95. The second-order valence-electron chi connectivity index (χ2n) is 6.91. The normalized spacial score (nSPS) is 39.5. The van der Waals surface area contributed by atoms with Crippen molar-refractivity contribution in [1.29, 1.82) is 0 Å². The SMILES string of the molecule is CCC(C)(C)C1CCC2(CC1)NCC(C)CS2. The van der Waals surface area contributed by atoms with Crippen molar-refractivity contribution >= 4 is 11.8 Å². The van der Waals surface area contributed by atoms with Crippen molar-refractivity contribution in [2.45, 2.75) is 64.7 Å². The summed E-state index contributed by atoms with van der Waals surface area (Å²) >= 11 is 2.20. The highest BCUT2D eigenvalue weighted by Gasteiger charge is 2.41. The highest BCUT2D eigenvalue weighted by Crippen LogP contribution is 2.48. The van der Waals surface area contributed by atoms with Gasteiger partial charge in [0.1, 0.15) is 0 Å². The Kier molecular flexibility index (Phi) is 4.14. The van der Waals surface area contributed by atoms with Crippen LogP contribution in [0.15, 0.2) is 0 Å². The van der Waals surface area contributed by atoms with Crippen LogP contribution < -0.4 is 5.32 Å². The van der Waals surface area contributed by atoms with Gasteiger partial charge in [-0.15, -0.1) is 11.8 Å². The number of thioether (sulfide) groups is 1. The van der Waals surface area contributed by atoms with Crippen LogP contribution in [0.3, 0.4) is 0 Å². The number of hydrogen-bond acceptors (Lipinski definition) is 2. The van der Waals surface area contributed by atoms with Crippen LogP contribution in [0, 0.1) is 17.3 Å². The molecular weight excluding hydrogens is 226 g/mol. The van der Waals surface area contributed by atoms with E-state index in [2.05, 4.69) is 44.8 Å². The molecule has 100 valence electrons. The van der Waals surface area contributed by atoms with Crippen molar-refractivity contribution in [3.05, 3.63) is 0 Å². The molecule has 1 saturated carbocycles. The molecule has 1 heterocycles. The average molecular weight is 255 g/mol. The van der Waals surface area contributed by atoms with Gasteiger partial charge in [-0.3, -0.25) is 0 Å². The van der Waals surface area contributed by atoms with Gasteiger partial charge in [0.15, 0.2) is 0 Å². The first kappa shape index (κ1) is 13.7. The van der Waals surface area contributed by atoms with E-state index in [1.165, 1.54) is 44.4 Å². The Balaban J connectivity index is 1.89. The van der Waals surface area contributed by atoms with Gasteiger partial charge in [-0.1, -0.05) is 34.1 Å². The fourth-order valence-corrected chi connectivity index (χ4v) is 4.68. The summed E-state index contributed by atoms with van der Waals surface area (Å²) in [5.41, 5.74) is 0.550. The Morgan fingerprint density at radius 2 is 1.94 bits per heavy atom. The van der Waals surface area contributed by atoms with Gasteiger partial charge in [0.2, 0.25) is 0 Å². The van der Waals surface area contributed by atoms with Crippen LogP contribution in [-0.4, -0.2) is 17.2 Å². The predicted molar refractivity (Wildman–Crippen MR) is 78.4 cm³/mol. The first-order valence-corrected chi connectivity index (χ1v) is 8.35. The Labute approximate surface area is 112 Å². The summed E-state index contributed by atoms with van der Waals surface area (Å²) in [5.74, 6) is 3.16. The fourth-order valence-electron chi connectivity index (χ4n) is 3.25. The van der Waals surface area contributed by atoms with Crippen molar-refractivity contribution in [2.75, 3.05) is 12.3 Å². The topological polar surface area (TPSA) is 12.0 Å². The Morgan fingerprint density at radius 1 is 1.29 bits per heavy atom. The first-order valence-electron chi connectivity index (χ1n) is 7.36. The summed E-state index contributed by atoms with van der Waals surface area (Å²) in [6, 6.07) is 0. The van der Waals surface area contributed by atoms with Crippen LogP contribution >= 0.6 is 11.8 Å². The molecule has 17 heavy (non-hydrogen) atoms. The molecule has 2 rings (SSSR count). The third-order valence-corrected chi connectivity index (χ3v) is 7.07. The van der Waals surface area contributed by atoms with Gasteiger partial charge >= 0.3 is 0 Å². The molecule has 0 radical (unpaired) electrons. The van der Waals surface area contributed by atoms with E-state index in [9.17, 15) is 0 Å². The molecule has 1 nitrogen and oxygen atoms in total. The van der Waals surface area contributed by atoms with Crippen molar-refractivity contribution < 1.29 is 0 Å². The van der Waals surface area contributed by atoms with Crippen molar-refractivity contribution in [2.24, 2.45) is 17.3 Å². The monoisotopic (exact) mass is 255 g/mol. The highest BCUT2D eigenvalue weighted by molar-refractivity contribution is 8.00. The number of rotatable bonds is 2. The van der Waals surface area contributed by atoms with Crippen LogP contribution in [0.25, 0.3) is 0 Å². The van der Waals surface area contributed by atoms with E-state index in [1.807, 2.05) is 0 Å². The Morgan fingerprint density at radius 3 is 2.41 bits per heavy atom. The van der Waals surface area contributed by atoms with Gasteiger partial charge in [-0.05, 0) is 55.2 Å². The van der Waals surface area contributed by atoms with E-state index in [-0.39, 0.29) is 0 Å². The first-order chi connectivity index (χ1) is 7.97. The average Bonchev–Trinajstić information content (AvgIpc) is 2.34. The molecule has 0 bridgehead atoms. The van der Waals surface area contributed by atoms with Gasteiger partial charge in [-0.25, -0.2) is 0 Å². The second-order valence-corrected chi connectivity index (χ2v) is 8.31. The molecule has 1 aliphatic heterocycles. The summed E-state index contributed by atoms with van der Waals surface area (Å²) in [7, 11) is 0. The summed E-state index contributed by atoms with van der Waals surface area (Å²) < 4.78 is 0. The van der Waals surface area contributed by atoms with Crippen molar-refractivity contribution in [3.8, 4) is 0 Å². The molecule has 1 N–H and O–H groups in total. The molecular formula is C15H29NS. The largest absolute Gasteiger partial charge is 0.303 e. The molecule has 1 unspecified atom stereocenters. The Bertz CT molecular complexity index is 244. The maximum absolute atomic E-state index is 3.84. The van der Waals surface area contributed by atoms with E-state index in [1.54, 1.807) is 0 Å². The van der Waals surface area contributed by atoms with E-state index >= 15 is 0 Å². The molecule has 1 atom stereocenters. The molecule has 0 aromatic carbocycles. The molecule has 1 saturated heterocycles. The maximum atomic E-state index is 3.84. The van der Waals surface area contributed by atoms with Gasteiger partial charge in [0.05, 0.1) is 4.87 Å².